The van der Waals surface area contributed by atoms with Gasteiger partial charge in [0, 0.05) is 6.20 Å². The average molecular weight is 303 g/mol. The summed E-state index contributed by atoms with van der Waals surface area (Å²) in [6.45, 7) is 1.79. The Morgan fingerprint density at radius 1 is 1.50 bits per heavy atom. The fraction of sp³-hybridized carbons (Fsp3) is 0.750. The Morgan fingerprint density at radius 3 is 2.85 bits per heavy atom. The van der Waals surface area contributed by atoms with E-state index in [0.717, 1.165) is 12.2 Å². The fourth-order valence-corrected chi connectivity index (χ4v) is 3.49. The number of amidine groups is 1. The first-order valence-corrected chi connectivity index (χ1v) is 7.66. The maximum Gasteiger partial charge on any atom is 0.229 e. The van der Waals surface area contributed by atoms with Crippen LogP contribution in [0.25, 0.3) is 0 Å². The van der Waals surface area contributed by atoms with Gasteiger partial charge in [-0.3, -0.25) is 0 Å². The van der Waals surface area contributed by atoms with E-state index in [4.69, 9.17) is 10.5 Å². The fourth-order valence-electron chi connectivity index (χ4n) is 2.24. The van der Waals surface area contributed by atoms with E-state index in [9.17, 15) is 15.3 Å². The topological polar surface area (TPSA) is 112 Å². The van der Waals surface area contributed by atoms with E-state index in [2.05, 4.69) is 4.99 Å². The minimum absolute atomic E-state index is 0.240. The maximum atomic E-state index is 10.2. The standard InChI is InChI=1S/C12H21N3O4S/c1-2-5-20-10-9(17)7(6-16)19-11(10)15-4-3-8(13)14-12(15)18/h3-4,7,9-12,16-18H,2,5-6H2,1H3,(H2,13,14)/t7-,9?,10?,11-,12?/m1/s1. The van der Waals surface area contributed by atoms with Gasteiger partial charge in [-0.15, -0.1) is 0 Å². The molecule has 8 heteroatoms. The van der Waals surface area contributed by atoms with E-state index < -0.39 is 24.8 Å². The summed E-state index contributed by atoms with van der Waals surface area (Å²) in [7, 11) is 0. The highest BCUT2D eigenvalue weighted by Crippen LogP contribution is 2.34. The molecule has 0 amide bonds. The lowest BCUT2D eigenvalue weighted by Crippen LogP contribution is -2.46. The lowest BCUT2D eigenvalue weighted by Gasteiger charge is -2.34. The Labute approximate surface area is 122 Å². The predicted octanol–water partition coefficient (Wildman–Crippen LogP) is -0.961. The first-order chi connectivity index (χ1) is 9.58. The van der Waals surface area contributed by atoms with Gasteiger partial charge in [0.15, 0.2) is 0 Å². The van der Waals surface area contributed by atoms with Crippen molar-refractivity contribution in [2.24, 2.45) is 10.7 Å². The summed E-state index contributed by atoms with van der Waals surface area (Å²) in [6, 6.07) is 0. The lowest BCUT2D eigenvalue weighted by atomic mass is 10.2. The number of nitrogens with two attached hydrogens (primary N) is 1. The van der Waals surface area contributed by atoms with Crippen LogP contribution in [0, 0.1) is 0 Å². The summed E-state index contributed by atoms with van der Waals surface area (Å²) in [4.78, 5) is 5.36. The second kappa shape index (κ2) is 6.77. The Kier molecular flexibility index (Phi) is 5.28. The number of hydrogen-bond acceptors (Lipinski definition) is 8. The van der Waals surface area contributed by atoms with E-state index >= 15 is 0 Å². The van der Waals surface area contributed by atoms with Crippen LogP contribution in [0.5, 0.6) is 0 Å². The van der Waals surface area contributed by atoms with E-state index in [1.165, 1.54) is 4.90 Å². The maximum absolute atomic E-state index is 10.2. The zero-order valence-corrected chi connectivity index (χ0v) is 12.1. The number of thioether (sulfide) groups is 1. The molecule has 0 aromatic carbocycles. The predicted molar refractivity (Wildman–Crippen MR) is 76.9 cm³/mol. The highest BCUT2D eigenvalue weighted by Gasteiger charge is 2.47. The molecule has 0 radical (unpaired) electrons. The highest BCUT2D eigenvalue weighted by atomic mass is 32.2. The molecule has 0 saturated carbocycles. The van der Waals surface area contributed by atoms with Crippen LogP contribution in [-0.4, -0.2) is 68.5 Å². The van der Waals surface area contributed by atoms with Gasteiger partial charge in [-0.05, 0) is 18.2 Å². The van der Waals surface area contributed by atoms with Crippen molar-refractivity contribution in [2.75, 3.05) is 12.4 Å². The molecule has 7 nitrogen and oxygen atoms in total. The van der Waals surface area contributed by atoms with Crippen LogP contribution in [0.1, 0.15) is 13.3 Å². The monoisotopic (exact) mass is 303 g/mol. The van der Waals surface area contributed by atoms with Crippen LogP contribution in [0.2, 0.25) is 0 Å². The van der Waals surface area contributed by atoms with Crippen LogP contribution < -0.4 is 5.73 Å². The number of hydrogen-bond donors (Lipinski definition) is 4. The van der Waals surface area contributed by atoms with E-state index in [1.54, 1.807) is 24.0 Å². The molecule has 20 heavy (non-hydrogen) atoms. The highest BCUT2D eigenvalue weighted by molar-refractivity contribution is 8.00. The number of aliphatic hydroxyl groups excluding tert-OH is 3. The van der Waals surface area contributed by atoms with Crippen molar-refractivity contribution in [3.8, 4) is 0 Å². The van der Waals surface area contributed by atoms with Gasteiger partial charge in [-0.2, -0.15) is 11.8 Å². The summed E-state index contributed by atoms with van der Waals surface area (Å²) in [5.41, 5.74) is 5.52. The molecular weight excluding hydrogens is 282 g/mol. The Bertz CT molecular complexity index is 393. The molecule has 0 aliphatic carbocycles. The van der Waals surface area contributed by atoms with Crippen molar-refractivity contribution in [3.63, 3.8) is 0 Å². The van der Waals surface area contributed by atoms with E-state index in [1.807, 2.05) is 6.92 Å². The van der Waals surface area contributed by atoms with Crippen molar-refractivity contribution < 1.29 is 20.1 Å². The van der Waals surface area contributed by atoms with Gasteiger partial charge in [0.05, 0.1) is 18.0 Å². The zero-order valence-electron chi connectivity index (χ0n) is 11.3. The molecule has 3 unspecified atom stereocenters. The Balaban J connectivity index is 2.13. The summed E-state index contributed by atoms with van der Waals surface area (Å²) in [6.07, 6.45) is 0.998. The normalized spacial score (nSPS) is 37.3. The molecule has 2 rings (SSSR count). The minimum Gasteiger partial charge on any atom is -0.394 e. The summed E-state index contributed by atoms with van der Waals surface area (Å²) < 4.78 is 5.66. The molecule has 5 atom stereocenters. The molecule has 2 heterocycles. The van der Waals surface area contributed by atoms with E-state index in [-0.39, 0.29) is 17.7 Å². The molecule has 0 aromatic rings. The number of ether oxygens (including phenoxy) is 1. The van der Waals surface area contributed by atoms with Crippen LogP contribution in [0.4, 0.5) is 0 Å². The molecule has 0 bridgehead atoms. The van der Waals surface area contributed by atoms with Crippen molar-refractivity contribution in [3.05, 3.63) is 12.3 Å². The zero-order chi connectivity index (χ0) is 14.7. The Morgan fingerprint density at radius 2 is 2.25 bits per heavy atom. The van der Waals surface area contributed by atoms with Crippen molar-refractivity contribution in [1.82, 2.24) is 4.90 Å². The lowest BCUT2D eigenvalue weighted by molar-refractivity contribution is -0.109. The third-order valence-electron chi connectivity index (χ3n) is 3.25. The average Bonchev–Trinajstić information content (AvgIpc) is 2.73. The van der Waals surface area contributed by atoms with Crippen LogP contribution in [0.15, 0.2) is 17.3 Å². The molecule has 1 fully saturated rings. The van der Waals surface area contributed by atoms with Crippen molar-refractivity contribution in [1.29, 1.82) is 0 Å². The largest absolute Gasteiger partial charge is 0.394 e. The van der Waals surface area contributed by atoms with Gasteiger partial charge in [-0.25, -0.2) is 4.99 Å². The number of aliphatic hydroxyl groups is 3. The number of nitrogens with zero attached hydrogens (tertiary/aromatic N) is 2. The molecular formula is C12H21N3O4S. The van der Waals surface area contributed by atoms with Crippen LogP contribution in [-0.2, 0) is 4.74 Å². The second-order valence-corrected chi connectivity index (χ2v) is 6.02. The van der Waals surface area contributed by atoms with Gasteiger partial charge in [0.25, 0.3) is 0 Å². The van der Waals surface area contributed by atoms with Gasteiger partial charge in [-0.1, -0.05) is 6.92 Å². The molecule has 0 spiro atoms. The summed E-state index contributed by atoms with van der Waals surface area (Å²) in [5, 5.41) is 29.2. The molecule has 5 N–H and O–H groups in total. The van der Waals surface area contributed by atoms with Crippen molar-refractivity contribution >= 4 is 17.6 Å². The number of aliphatic imine (C=N–C) groups is 1. The van der Waals surface area contributed by atoms with Crippen molar-refractivity contribution in [2.45, 2.75) is 43.4 Å². The summed E-state index contributed by atoms with van der Waals surface area (Å²) in [5.74, 6) is 1.10. The first-order valence-electron chi connectivity index (χ1n) is 6.61. The SMILES string of the molecule is CCCSC1C(O)[C@@H](CO)O[C@H]1N1C=CC(N)=NC1O. The van der Waals surface area contributed by atoms with Gasteiger partial charge < -0.3 is 30.7 Å². The molecule has 2 aliphatic heterocycles. The van der Waals surface area contributed by atoms with Crippen LogP contribution >= 0.6 is 11.8 Å². The quantitative estimate of drug-likeness (QED) is 0.517. The smallest absolute Gasteiger partial charge is 0.229 e. The first kappa shape index (κ1) is 15.6. The molecule has 114 valence electrons. The molecule has 1 saturated heterocycles. The van der Waals surface area contributed by atoms with Gasteiger partial charge in [0.2, 0.25) is 6.35 Å². The van der Waals surface area contributed by atoms with E-state index in [0.29, 0.717) is 0 Å². The molecule has 2 aliphatic rings. The third kappa shape index (κ3) is 3.09. The Hall–Kier alpha value is -0.800. The third-order valence-corrected chi connectivity index (χ3v) is 4.79. The minimum atomic E-state index is -1.14. The number of rotatable bonds is 5. The second-order valence-electron chi connectivity index (χ2n) is 4.74. The van der Waals surface area contributed by atoms with Gasteiger partial charge >= 0.3 is 0 Å². The summed E-state index contributed by atoms with van der Waals surface area (Å²) >= 11 is 1.56. The molecule has 0 aromatic heterocycles. The van der Waals surface area contributed by atoms with Gasteiger partial charge in [0.1, 0.15) is 18.2 Å². The van der Waals surface area contributed by atoms with Crippen LogP contribution in [0.3, 0.4) is 0 Å².